The number of benzene rings is 14. The lowest BCUT2D eigenvalue weighted by Gasteiger charge is -2.21. The van der Waals surface area contributed by atoms with Crippen LogP contribution in [0.4, 0.5) is 22.0 Å². The van der Waals surface area contributed by atoms with E-state index in [1.165, 1.54) is 12.1 Å². The van der Waals surface area contributed by atoms with Crippen molar-refractivity contribution in [3.63, 3.8) is 0 Å². The first-order chi connectivity index (χ1) is 57.5. The molecule has 6 aromatic heterocycles. The molecule has 14 aromatic carbocycles. The fraction of sp³-hybridized carbons (Fsp3) is 0. The van der Waals surface area contributed by atoms with Crippen LogP contribution in [0.2, 0.25) is 0 Å². The molecule has 0 atom stereocenters. The summed E-state index contributed by atoms with van der Waals surface area (Å²) >= 11 is 0. The number of nitriles is 1. The minimum atomic E-state index is -2.36. The van der Waals surface area contributed by atoms with Crippen LogP contribution in [0.1, 0.15) is 5.56 Å². The molecule has 0 amide bonds. The minimum Gasteiger partial charge on any atom is -0.308 e. The number of nitrogens with zero attached hydrogens (tertiary/aromatic N) is 15. The monoisotopic (exact) mass is 1520 g/mol. The van der Waals surface area contributed by atoms with Gasteiger partial charge >= 0.3 is 0 Å². The lowest BCUT2D eigenvalue weighted by Crippen LogP contribution is -2.10. The highest BCUT2D eigenvalue weighted by Gasteiger charge is 2.33. The van der Waals surface area contributed by atoms with E-state index in [2.05, 4.69) is 6.07 Å². The SMILES string of the molecule is N#Cc1c(-n2c3ccc(-c4nc(-c5ccccc5)nc(-c5ccccc5)n4)cc3c3cc(-c4nc(-c5ccccc5)nc(-c5ccccc5)n4)ccc32)ccc(-c2c(F)c(F)c(F)c(F)c2F)c1-n1c2ccc(-c3nc(-c4ccccc4)nc(-c4ccccc4)n3)cc2c2cc(-c3nc(-c4ccccc4)nc(-c4ccccc4)n3)ccc21. The fourth-order valence-corrected chi connectivity index (χ4v) is 15.0. The lowest BCUT2D eigenvalue weighted by molar-refractivity contribution is 0.381. The highest BCUT2D eigenvalue weighted by Crippen LogP contribution is 2.47. The summed E-state index contributed by atoms with van der Waals surface area (Å²) < 4.78 is 86.6. The van der Waals surface area contributed by atoms with Gasteiger partial charge in [-0.1, -0.05) is 243 Å². The van der Waals surface area contributed by atoms with Crippen LogP contribution in [0.25, 0.3) is 203 Å². The van der Waals surface area contributed by atoms with Gasteiger partial charge in [0.05, 0.1) is 39.0 Å². The van der Waals surface area contributed by atoms with Crippen LogP contribution in [0.15, 0.2) is 328 Å². The second kappa shape index (κ2) is 29.2. The summed E-state index contributed by atoms with van der Waals surface area (Å²) in [4.78, 5) is 60.9. The summed E-state index contributed by atoms with van der Waals surface area (Å²) in [6.07, 6.45) is 0. The van der Waals surface area contributed by atoms with Crippen LogP contribution in [-0.2, 0) is 0 Å². The van der Waals surface area contributed by atoms with E-state index >= 15 is 22.0 Å². The molecular weight excluding hydrogens is 1470 g/mol. The van der Waals surface area contributed by atoms with Gasteiger partial charge in [-0.25, -0.2) is 81.8 Å². The summed E-state index contributed by atoms with van der Waals surface area (Å²) in [7, 11) is 0. The van der Waals surface area contributed by atoms with Gasteiger partial charge in [0.15, 0.2) is 93.2 Å². The summed E-state index contributed by atoms with van der Waals surface area (Å²) in [6, 6.07) is 104. The number of hydrogen-bond donors (Lipinski definition) is 0. The van der Waals surface area contributed by atoms with Crippen LogP contribution < -0.4 is 0 Å². The summed E-state index contributed by atoms with van der Waals surface area (Å²) in [5.41, 5.74) is 7.45. The Morgan fingerprint density at radius 2 is 0.419 bits per heavy atom. The quantitative estimate of drug-likeness (QED) is 0.0536. The Bertz CT molecular complexity index is 6740. The molecule has 20 rings (SSSR count). The number of rotatable bonds is 15. The molecule has 0 aliphatic heterocycles. The van der Waals surface area contributed by atoms with Gasteiger partial charge in [0, 0.05) is 93.9 Å². The molecule has 20 heteroatoms. The van der Waals surface area contributed by atoms with Crippen molar-refractivity contribution in [1.29, 1.82) is 5.26 Å². The molecule has 15 nitrogen and oxygen atoms in total. The summed E-state index contributed by atoms with van der Waals surface area (Å²) in [5, 5.41) is 14.7. The zero-order valence-corrected chi connectivity index (χ0v) is 61.3. The van der Waals surface area contributed by atoms with Gasteiger partial charge in [-0.3, -0.25) is 0 Å². The molecule has 552 valence electrons. The van der Waals surface area contributed by atoms with Crippen molar-refractivity contribution in [2.75, 3.05) is 0 Å². The Balaban J connectivity index is 0.874. The van der Waals surface area contributed by atoms with E-state index in [0.29, 0.717) is 146 Å². The maximum Gasteiger partial charge on any atom is 0.200 e. The average Bonchev–Trinajstić information content (AvgIpc) is 1.58. The lowest BCUT2D eigenvalue weighted by atomic mass is 9.96. The van der Waals surface area contributed by atoms with Crippen molar-refractivity contribution in [3.8, 4) is 165 Å². The fourth-order valence-electron chi connectivity index (χ4n) is 15.0. The Hall–Kier alpha value is -16.1. The summed E-state index contributed by atoms with van der Waals surface area (Å²) in [5.74, 6) is -6.63. The van der Waals surface area contributed by atoms with Gasteiger partial charge in [-0.2, -0.15) is 5.26 Å². The van der Waals surface area contributed by atoms with Crippen LogP contribution in [0, 0.1) is 40.4 Å². The van der Waals surface area contributed by atoms with E-state index in [0.717, 1.165) is 22.3 Å². The maximum atomic E-state index is 17.4. The third-order valence-electron chi connectivity index (χ3n) is 20.6. The Labute approximate surface area is 663 Å². The van der Waals surface area contributed by atoms with Crippen molar-refractivity contribution in [2.24, 2.45) is 0 Å². The van der Waals surface area contributed by atoms with Crippen molar-refractivity contribution in [3.05, 3.63) is 362 Å². The smallest absolute Gasteiger partial charge is 0.200 e. The molecule has 0 saturated heterocycles. The third-order valence-corrected chi connectivity index (χ3v) is 20.6. The predicted molar refractivity (Wildman–Crippen MR) is 444 cm³/mol. The van der Waals surface area contributed by atoms with E-state index < -0.39 is 40.2 Å². The molecule has 117 heavy (non-hydrogen) atoms. The normalized spacial score (nSPS) is 11.5. The van der Waals surface area contributed by atoms with Crippen LogP contribution in [-0.4, -0.2) is 68.9 Å². The zero-order valence-electron chi connectivity index (χ0n) is 61.3. The molecule has 0 unspecified atom stereocenters. The minimum absolute atomic E-state index is 0.138. The van der Waals surface area contributed by atoms with Crippen molar-refractivity contribution in [1.82, 2.24) is 68.9 Å². The largest absolute Gasteiger partial charge is 0.308 e. The first-order valence-corrected chi connectivity index (χ1v) is 37.3. The number of halogens is 5. The van der Waals surface area contributed by atoms with Crippen LogP contribution >= 0.6 is 0 Å². The van der Waals surface area contributed by atoms with Gasteiger partial charge in [-0.15, -0.1) is 0 Å². The third kappa shape index (κ3) is 12.7. The Kier molecular flexibility index (Phi) is 17.5. The van der Waals surface area contributed by atoms with E-state index in [9.17, 15) is 5.26 Å². The zero-order chi connectivity index (χ0) is 78.8. The first kappa shape index (κ1) is 70.0. The molecule has 0 radical (unpaired) electrons. The van der Waals surface area contributed by atoms with E-state index in [-0.39, 0.29) is 28.6 Å². The number of fused-ring (bicyclic) bond motifs is 6. The van der Waals surface area contributed by atoms with Crippen molar-refractivity contribution >= 4 is 43.6 Å². The molecule has 0 aliphatic carbocycles. The van der Waals surface area contributed by atoms with Crippen LogP contribution in [0.3, 0.4) is 0 Å². The predicted octanol–water partition coefficient (Wildman–Crippen LogP) is 22.9. The second-order valence-corrected chi connectivity index (χ2v) is 27.7. The molecule has 0 spiro atoms. The first-order valence-electron chi connectivity index (χ1n) is 37.3. The van der Waals surface area contributed by atoms with Crippen molar-refractivity contribution < 1.29 is 22.0 Å². The van der Waals surface area contributed by atoms with Gasteiger partial charge in [0.25, 0.3) is 0 Å². The highest BCUT2D eigenvalue weighted by atomic mass is 19.2. The highest BCUT2D eigenvalue weighted by molar-refractivity contribution is 6.14. The molecule has 6 heterocycles. The number of aromatic nitrogens is 14. The standard InChI is InChI=1S/C97H54F5N15/c98-80-79(81(99)83(101)84(102)82(80)100)68-45-50-78(116-74-46-41-64(94-108-86(56-25-9-1-10-26-56)104-87(109-94)57-27-11-2-12-28-57)51-69(74)70-52-65(42-47-75(70)116)95-110-88(58-29-13-3-14-30-58)105-89(111-95)59-31-15-4-16-32-59)73(55-103)85(68)117-76-48-43-66(96-112-90(60-33-17-5-18-34-60)106-91(113-96)61-35-19-6-20-36-61)53-71(76)72-54-67(44-49-77(72)117)97-114-92(62-37-21-7-22-38-62)107-93(115-97)63-39-23-8-24-40-63/h1-54H. The molecule has 0 aliphatic rings. The van der Waals surface area contributed by atoms with Crippen LogP contribution in [0.5, 0.6) is 0 Å². The maximum absolute atomic E-state index is 17.4. The molecule has 0 bridgehead atoms. The average molecular weight is 1520 g/mol. The summed E-state index contributed by atoms with van der Waals surface area (Å²) in [6.45, 7) is 0. The Morgan fingerprint density at radius 1 is 0.214 bits per heavy atom. The Morgan fingerprint density at radius 3 is 0.641 bits per heavy atom. The molecule has 0 N–H and O–H groups in total. The van der Waals surface area contributed by atoms with Gasteiger partial charge in [0.2, 0.25) is 5.82 Å². The molecule has 0 fully saturated rings. The molecular formula is C97H54F5N15. The second-order valence-electron chi connectivity index (χ2n) is 27.7. The van der Waals surface area contributed by atoms with Crippen molar-refractivity contribution in [2.45, 2.75) is 0 Å². The van der Waals surface area contributed by atoms with Gasteiger partial charge in [0.1, 0.15) is 11.6 Å². The molecule has 20 aromatic rings. The molecule has 0 saturated carbocycles. The van der Waals surface area contributed by atoms with Gasteiger partial charge < -0.3 is 9.13 Å². The van der Waals surface area contributed by atoms with Gasteiger partial charge in [-0.05, 0) is 84.9 Å². The van der Waals surface area contributed by atoms with E-state index in [1.54, 1.807) is 28.8 Å². The topological polar surface area (TPSA) is 188 Å². The number of hydrogen-bond acceptors (Lipinski definition) is 13. The van der Waals surface area contributed by atoms with E-state index in [1.807, 2.05) is 296 Å². The van der Waals surface area contributed by atoms with E-state index in [4.69, 9.17) is 59.8 Å².